The van der Waals surface area contributed by atoms with Gasteiger partial charge in [0.05, 0.1) is 27.4 Å². The van der Waals surface area contributed by atoms with Gasteiger partial charge in [0.15, 0.2) is 6.10 Å². The van der Waals surface area contributed by atoms with E-state index in [9.17, 15) is 14.7 Å². The fourth-order valence-corrected chi connectivity index (χ4v) is 13.8. The van der Waals surface area contributed by atoms with Crippen LogP contribution in [0.3, 0.4) is 0 Å². The van der Waals surface area contributed by atoms with Gasteiger partial charge in [0.2, 0.25) is 5.60 Å². The molecule has 1 saturated carbocycles. The molecule has 3 aromatic rings. The van der Waals surface area contributed by atoms with Gasteiger partial charge in [-0.15, -0.1) is 0 Å². The molecule has 59 heavy (non-hydrogen) atoms. The zero-order chi connectivity index (χ0) is 41.9. The van der Waals surface area contributed by atoms with Crippen molar-refractivity contribution in [3.63, 3.8) is 0 Å². The number of anilines is 1. The number of nitrogens with one attached hydrogen (secondary N) is 1. The summed E-state index contributed by atoms with van der Waals surface area (Å²) in [6, 6.07) is 11.3. The Labute approximate surface area is 347 Å². The van der Waals surface area contributed by atoms with Gasteiger partial charge in [0.1, 0.15) is 11.2 Å². The van der Waals surface area contributed by atoms with Gasteiger partial charge in [-0.3, -0.25) is 14.5 Å². The number of fused-ring (bicyclic) bond motifs is 6. The first-order valence-electron chi connectivity index (χ1n) is 21.5. The fraction of sp³-hybridized carbons (Fsp3) is 0.596. The Morgan fingerprint density at radius 1 is 0.966 bits per heavy atom. The number of piperidine rings is 1. The average molecular weight is 809 g/mol. The topological polar surface area (TPSA) is 134 Å². The minimum Gasteiger partial charge on any atom is -0.496 e. The Bertz CT molecular complexity index is 2250. The van der Waals surface area contributed by atoms with Gasteiger partial charge in [0.25, 0.3) is 0 Å². The number of benzene rings is 2. The van der Waals surface area contributed by atoms with Crippen molar-refractivity contribution in [3.8, 4) is 5.75 Å². The number of H-pyrrole nitrogens is 1. The van der Waals surface area contributed by atoms with Crippen LogP contribution in [0.25, 0.3) is 10.9 Å². The highest BCUT2D eigenvalue weighted by atomic mass is 16.6. The van der Waals surface area contributed by atoms with E-state index in [1.165, 1.54) is 21.1 Å². The van der Waals surface area contributed by atoms with Crippen molar-refractivity contribution in [3.05, 3.63) is 70.9 Å². The summed E-state index contributed by atoms with van der Waals surface area (Å²) in [6.07, 6.45) is 7.23. The SMILES string of the molecule is CC[C@]1(C)C[C@@H]2CN(CCc3c([nH]c4ccccc34)[C@@](C(=O)OC)(c3cc4c(cc3OC)N(C)[C@H]3[C@@](O)(C(=O)OC)[C@H](OC(C)=O)[C@]5(CC)C=CCN6CC[C@]43[C@@H]65)C2)C1. The first-order valence-corrected chi connectivity index (χ1v) is 21.5. The number of carbonyl (C=O) groups is 3. The number of aliphatic hydroxyl groups is 1. The first kappa shape index (κ1) is 40.0. The van der Waals surface area contributed by atoms with Gasteiger partial charge in [-0.25, -0.2) is 4.79 Å². The second-order valence-corrected chi connectivity index (χ2v) is 18.8. The lowest BCUT2D eigenvalue weighted by atomic mass is 9.47. The summed E-state index contributed by atoms with van der Waals surface area (Å²) < 4.78 is 24.1. The van der Waals surface area contributed by atoms with E-state index < -0.39 is 45.9 Å². The highest BCUT2D eigenvalue weighted by molar-refractivity contribution is 5.95. The third-order valence-corrected chi connectivity index (χ3v) is 16.0. The maximum absolute atomic E-state index is 15.4. The van der Waals surface area contributed by atoms with Crippen molar-refractivity contribution >= 4 is 34.5 Å². The minimum absolute atomic E-state index is 0.0754. The van der Waals surface area contributed by atoms with Crippen LogP contribution in [0.1, 0.15) is 82.2 Å². The molecule has 9 rings (SSSR count). The number of rotatable bonds is 7. The number of hydrogen-bond donors (Lipinski definition) is 2. The monoisotopic (exact) mass is 808 g/mol. The molecule has 2 saturated heterocycles. The average Bonchev–Trinajstić information content (AvgIpc) is 3.90. The second-order valence-electron chi connectivity index (χ2n) is 18.8. The molecule has 2 N–H and O–H groups in total. The molecule has 1 aromatic heterocycles. The van der Waals surface area contributed by atoms with Crippen LogP contribution in [0.2, 0.25) is 0 Å². The summed E-state index contributed by atoms with van der Waals surface area (Å²) in [4.78, 5) is 53.6. The first-order chi connectivity index (χ1) is 28.2. The highest BCUT2D eigenvalue weighted by Gasteiger charge is 2.80. The summed E-state index contributed by atoms with van der Waals surface area (Å²) >= 11 is 0. The second kappa shape index (κ2) is 13.8. The predicted molar refractivity (Wildman–Crippen MR) is 224 cm³/mol. The van der Waals surface area contributed by atoms with Crippen molar-refractivity contribution in [2.45, 2.75) is 101 Å². The van der Waals surface area contributed by atoms with Crippen molar-refractivity contribution in [2.24, 2.45) is 16.7 Å². The van der Waals surface area contributed by atoms with E-state index in [1.54, 1.807) is 7.11 Å². The lowest BCUT2D eigenvalue weighted by Crippen LogP contribution is -2.81. The van der Waals surface area contributed by atoms with Crippen LogP contribution >= 0.6 is 0 Å². The van der Waals surface area contributed by atoms with Crippen LogP contribution in [-0.2, 0) is 45.8 Å². The number of aromatic nitrogens is 1. The molecule has 2 bridgehead atoms. The Hall–Kier alpha value is -4.39. The van der Waals surface area contributed by atoms with Crippen LogP contribution in [0.4, 0.5) is 5.69 Å². The number of aromatic amines is 1. The largest absolute Gasteiger partial charge is 0.496 e. The standard InChI is InChI=1S/C47H60N4O8/c1-9-43(4)24-29-25-46(41(53)57-7,37-31(16-20-50(26-29)27-43)30-14-11-12-15-34(30)48-37)33-22-32-35(23-36(33)56-6)49(5)39-45(32)18-21-51-19-13-17-44(10-2,38(45)51)40(59-28(3)52)47(39,55)42(54)58-8/h11-15,17,22-23,29,38-40,48,55H,9-10,16,18-21,24-27H2,1-8H3/t29-,38-,39+,40+,43+,44+,45+,46-,47-/m0/s1. The van der Waals surface area contributed by atoms with E-state index in [0.29, 0.717) is 43.7 Å². The lowest BCUT2D eigenvalue weighted by molar-refractivity contribution is -0.228. The molecular weight excluding hydrogens is 749 g/mol. The van der Waals surface area contributed by atoms with Gasteiger partial charge < -0.3 is 38.8 Å². The van der Waals surface area contributed by atoms with Gasteiger partial charge >= 0.3 is 17.9 Å². The molecular formula is C47H60N4O8. The number of para-hydroxylation sites is 1. The minimum atomic E-state index is -2.27. The van der Waals surface area contributed by atoms with Crippen molar-refractivity contribution in [2.75, 3.05) is 66.0 Å². The van der Waals surface area contributed by atoms with Gasteiger partial charge in [-0.05, 0) is 79.7 Å². The Morgan fingerprint density at radius 2 is 1.73 bits per heavy atom. The molecule has 12 heteroatoms. The van der Waals surface area contributed by atoms with Crippen molar-refractivity contribution < 1.29 is 38.4 Å². The molecule has 5 aliphatic heterocycles. The van der Waals surface area contributed by atoms with Crippen LogP contribution in [0.5, 0.6) is 5.75 Å². The van der Waals surface area contributed by atoms with Crippen LogP contribution < -0.4 is 9.64 Å². The molecule has 6 aliphatic rings. The fourth-order valence-electron chi connectivity index (χ4n) is 13.8. The van der Waals surface area contributed by atoms with Gasteiger partial charge in [-0.1, -0.05) is 51.1 Å². The molecule has 1 aliphatic carbocycles. The summed E-state index contributed by atoms with van der Waals surface area (Å²) in [5.41, 5.74) is -0.0343. The number of carbonyl (C=O) groups excluding carboxylic acids is 3. The maximum atomic E-state index is 15.4. The lowest BCUT2D eigenvalue weighted by Gasteiger charge is -2.63. The molecule has 316 valence electrons. The van der Waals surface area contributed by atoms with E-state index >= 15 is 4.79 Å². The van der Waals surface area contributed by atoms with Crippen LogP contribution in [0, 0.1) is 16.7 Å². The number of nitrogens with zero attached hydrogens (tertiary/aromatic N) is 3. The molecule has 12 nitrogen and oxygen atoms in total. The number of likely N-dealkylation sites (N-methyl/N-ethyl adjacent to an activating group) is 1. The zero-order valence-corrected chi connectivity index (χ0v) is 35.9. The van der Waals surface area contributed by atoms with Crippen molar-refractivity contribution in [1.82, 2.24) is 14.8 Å². The summed E-state index contributed by atoms with van der Waals surface area (Å²) in [6.45, 7) is 12.1. The number of esters is 3. The van der Waals surface area contributed by atoms with Crippen LogP contribution in [-0.4, -0.2) is 123 Å². The molecule has 10 atom stereocenters. The third-order valence-electron chi connectivity index (χ3n) is 16.0. The molecule has 2 aromatic carbocycles. The summed E-state index contributed by atoms with van der Waals surface area (Å²) in [7, 11) is 6.29. The zero-order valence-electron chi connectivity index (χ0n) is 35.9. The number of ether oxygens (including phenoxy) is 4. The third kappa shape index (κ3) is 5.21. The quantitative estimate of drug-likeness (QED) is 0.184. The molecule has 0 amide bonds. The van der Waals surface area contributed by atoms with Gasteiger partial charge in [0, 0.05) is 90.9 Å². The normalized spacial score (nSPS) is 37.0. The number of methoxy groups -OCH3 is 3. The van der Waals surface area contributed by atoms with Crippen LogP contribution in [0.15, 0.2) is 48.6 Å². The molecule has 6 heterocycles. The molecule has 3 fully saturated rings. The molecule has 1 unspecified atom stereocenters. The Morgan fingerprint density at radius 3 is 2.42 bits per heavy atom. The maximum Gasteiger partial charge on any atom is 0.344 e. The van der Waals surface area contributed by atoms with E-state index in [-0.39, 0.29) is 23.3 Å². The van der Waals surface area contributed by atoms with E-state index in [1.807, 2.05) is 31.0 Å². The summed E-state index contributed by atoms with van der Waals surface area (Å²) in [5, 5.41) is 14.4. The van der Waals surface area contributed by atoms with E-state index in [2.05, 4.69) is 65.0 Å². The predicted octanol–water partition coefficient (Wildman–Crippen LogP) is 5.27. The van der Waals surface area contributed by atoms with E-state index in [0.717, 1.165) is 72.3 Å². The molecule has 0 radical (unpaired) electrons. The van der Waals surface area contributed by atoms with Gasteiger partial charge in [-0.2, -0.15) is 0 Å². The number of hydrogen-bond acceptors (Lipinski definition) is 11. The Kier molecular flexibility index (Phi) is 9.38. The highest BCUT2D eigenvalue weighted by Crippen LogP contribution is 2.68. The van der Waals surface area contributed by atoms with E-state index in [4.69, 9.17) is 18.9 Å². The Balaban J connectivity index is 1.36. The summed E-state index contributed by atoms with van der Waals surface area (Å²) in [5.74, 6) is -1.13. The smallest absolute Gasteiger partial charge is 0.344 e. The molecule has 1 spiro atoms. The van der Waals surface area contributed by atoms with Crippen molar-refractivity contribution in [1.29, 1.82) is 0 Å².